The molecule has 0 saturated carbocycles. The smallest absolute Gasteiger partial charge is 0.328 e. The van der Waals surface area contributed by atoms with Gasteiger partial charge in [0.25, 0.3) is 0 Å². The lowest BCUT2D eigenvalue weighted by Crippen LogP contribution is -2.19. The predicted molar refractivity (Wildman–Crippen MR) is 97.3 cm³/mol. The van der Waals surface area contributed by atoms with Crippen molar-refractivity contribution in [1.29, 1.82) is 0 Å². The molecule has 2 N–H and O–H groups in total. The molecule has 25 heavy (non-hydrogen) atoms. The minimum absolute atomic E-state index is 0.0286. The van der Waals surface area contributed by atoms with E-state index in [-0.39, 0.29) is 5.69 Å². The second kappa shape index (κ2) is 5.94. The van der Waals surface area contributed by atoms with Crippen LogP contribution >= 0.6 is 0 Å². The predicted octanol–water partition coefficient (Wildman–Crippen LogP) is 2.27. The number of H-pyrrole nitrogens is 1. The fourth-order valence-electron chi connectivity index (χ4n) is 2.96. The molecule has 7 nitrogen and oxygen atoms in total. The Bertz CT molecular complexity index is 1090. The Morgan fingerprint density at radius 3 is 2.72 bits per heavy atom. The summed E-state index contributed by atoms with van der Waals surface area (Å²) in [4.78, 5) is 23.7. The maximum atomic E-state index is 12.1. The molecule has 0 radical (unpaired) electrons. The monoisotopic (exact) mass is 334 g/mol. The molecule has 0 amide bonds. The average molecular weight is 334 g/mol. The maximum absolute atomic E-state index is 12.1. The van der Waals surface area contributed by atoms with Crippen LogP contribution in [0.4, 0.5) is 5.69 Å². The van der Waals surface area contributed by atoms with Crippen molar-refractivity contribution in [2.45, 2.75) is 6.54 Å². The first-order valence-electron chi connectivity index (χ1n) is 7.96. The minimum atomic E-state index is -0.0286. The highest BCUT2D eigenvalue weighted by Gasteiger charge is 2.09. The summed E-state index contributed by atoms with van der Waals surface area (Å²) in [6, 6.07) is 8.03. The summed E-state index contributed by atoms with van der Waals surface area (Å²) in [6.07, 6.45) is 7.12. The van der Waals surface area contributed by atoms with Crippen molar-refractivity contribution in [2.75, 3.05) is 5.32 Å². The maximum Gasteiger partial charge on any atom is 0.328 e. The number of imidazole rings is 2. The Kier molecular flexibility index (Phi) is 3.61. The molecule has 0 fully saturated rings. The van der Waals surface area contributed by atoms with Gasteiger partial charge in [0.05, 0.1) is 23.3 Å². The van der Waals surface area contributed by atoms with Crippen LogP contribution in [0.2, 0.25) is 0 Å². The Labute approximate surface area is 144 Å². The minimum Gasteiger partial charge on any atom is -0.377 e. The van der Waals surface area contributed by atoms with Gasteiger partial charge in [0.2, 0.25) is 0 Å². The van der Waals surface area contributed by atoms with Crippen LogP contribution in [0.15, 0.2) is 53.8 Å². The van der Waals surface area contributed by atoms with Crippen molar-refractivity contribution in [3.05, 3.63) is 65.4 Å². The van der Waals surface area contributed by atoms with Crippen molar-refractivity contribution < 1.29 is 0 Å². The van der Waals surface area contributed by atoms with E-state index in [1.807, 2.05) is 30.5 Å². The molecule has 3 aromatic heterocycles. The van der Waals surface area contributed by atoms with Gasteiger partial charge in [-0.15, -0.1) is 0 Å². The van der Waals surface area contributed by atoms with Gasteiger partial charge in [0.15, 0.2) is 0 Å². The number of nitrogens with zero attached hydrogens (tertiary/aromatic N) is 4. The van der Waals surface area contributed by atoms with E-state index in [0.717, 1.165) is 33.7 Å². The SMILES string of the molecule is Cn1c(=O)n(C)c2cc(-c3cncc(NCc4ncc[nH]4)c3)ccc21. The molecule has 0 aliphatic heterocycles. The molecule has 4 aromatic rings. The van der Waals surface area contributed by atoms with Crippen LogP contribution in [-0.4, -0.2) is 24.1 Å². The van der Waals surface area contributed by atoms with Gasteiger partial charge in [-0.2, -0.15) is 0 Å². The van der Waals surface area contributed by atoms with Crippen LogP contribution in [-0.2, 0) is 20.6 Å². The highest BCUT2D eigenvalue weighted by atomic mass is 16.1. The zero-order valence-corrected chi connectivity index (χ0v) is 14.0. The number of aromatic amines is 1. The van der Waals surface area contributed by atoms with E-state index in [1.54, 1.807) is 41.8 Å². The van der Waals surface area contributed by atoms with Crippen LogP contribution in [0, 0.1) is 0 Å². The number of pyridine rings is 1. The van der Waals surface area contributed by atoms with E-state index < -0.39 is 0 Å². The number of rotatable bonds is 4. The Balaban J connectivity index is 1.67. The Morgan fingerprint density at radius 1 is 1.08 bits per heavy atom. The molecule has 4 rings (SSSR count). The van der Waals surface area contributed by atoms with Gasteiger partial charge in [-0.3, -0.25) is 14.1 Å². The number of anilines is 1. The molecule has 0 unspecified atom stereocenters. The zero-order chi connectivity index (χ0) is 17.4. The van der Waals surface area contributed by atoms with Gasteiger partial charge >= 0.3 is 5.69 Å². The first kappa shape index (κ1) is 15.2. The molecule has 0 bridgehead atoms. The molecule has 3 heterocycles. The number of nitrogens with one attached hydrogen (secondary N) is 2. The van der Waals surface area contributed by atoms with Crippen LogP contribution < -0.4 is 11.0 Å². The van der Waals surface area contributed by atoms with Gasteiger partial charge in [-0.05, 0) is 23.8 Å². The second-order valence-electron chi connectivity index (χ2n) is 5.96. The van der Waals surface area contributed by atoms with Crippen LogP contribution in [0.1, 0.15) is 5.82 Å². The van der Waals surface area contributed by atoms with Crippen LogP contribution in [0.25, 0.3) is 22.2 Å². The third-order valence-electron chi connectivity index (χ3n) is 4.36. The lowest BCUT2D eigenvalue weighted by Gasteiger charge is -2.07. The lowest BCUT2D eigenvalue weighted by atomic mass is 10.1. The fourth-order valence-corrected chi connectivity index (χ4v) is 2.96. The van der Waals surface area contributed by atoms with Gasteiger partial charge in [-0.1, -0.05) is 6.07 Å². The number of benzene rings is 1. The number of hydrogen-bond donors (Lipinski definition) is 2. The topological polar surface area (TPSA) is 80.5 Å². The van der Waals surface area contributed by atoms with E-state index >= 15 is 0 Å². The summed E-state index contributed by atoms with van der Waals surface area (Å²) < 4.78 is 3.31. The summed E-state index contributed by atoms with van der Waals surface area (Å²) in [6.45, 7) is 0.602. The van der Waals surface area contributed by atoms with Crippen molar-refractivity contribution >= 4 is 16.7 Å². The van der Waals surface area contributed by atoms with Gasteiger partial charge in [0, 0.05) is 44.4 Å². The summed E-state index contributed by atoms with van der Waals surface area (Å²) in [5.74, 6) is 0.867. The summed E-state index contributed by atoms with van der Waals surface area (Å²) >= 11 is 0. The average Bonchev–Trinajstić information content (AvgIpc) is 3.24. The Hall–Kier alpha value is -3.35. The first-order chi connectivity index (χ1) is 12.1. The molecule has 0 saturated heterocycles. The van der Waals surface area contributed by atoms with Crippen molar-refractivity contribution in [1.82, 2.24) is 24.1 Å². The number of aromatic nitrogens is 5. The molecule has 0 spiro atoms. The van der Waals surface area contributed by atoms with Crippen molar-refractivity contribution in [3.63, 3.8) is 0 Å². The first-order valence-corrected chi connectivity index (χ1v) is 7.96. The normalized spacial score (nSPS) is 11.1. The fraction of sp³-hybridized carbons (Fsp3) is 0.167. The second-order valence-corrected chi connectivity index (χ2v) is 5.96. The van der Waals surface area contributed by atoms with Crippen molar-refractivity contribution in [2.24, 2.45) is 14.1 Å². The quantitative estimate of drug-likeness (QED) is 0.600. The molecule has 1 aromatic carbocycles. The summed E-state index contributed by atoms with van der Waals surface area (Å²) in [5.41, 5.74) is 4.70. The Morgan fingerprint density at radius 2 is 1.92 bits per heavy atom. The molecule has 0 aliphatic carbocycles. The largest absolute Gasteiger partial charge is 0.377 e. The number of aryl methyl sites for hydroxylation is 2. The summed E-state index contributed by atoms with van der Waals surface area (Å²) in [7, 11) is 3.57. The van der Waals surface area contributed by atoms with E-state index in [4.69, 9.17) is 0 Å². The zero-order valence-electron chi connectivity index (χ0n) is 14.0. The van der Waals surface area contributed by atoms with Crippen LogP contribution in [0.3, 0.4) is 0 Å². The highest BCUT2D eigenvalue weighted by Crippen LogP contribution is 2.25. The van der Waals surface area contributed by atoms with E-state index in [1.165, 1.54) is 0 Å². The van der Waals surface area contributed by atoms with E-state index in [2.05, 4.69) is 20.3 Å². The summed E-state index contributed by atoms with van der Waals surface area (Å²) in [5, 5.41) is 3.30. The third-order valence-corrected chi connectivity index (χ3v) is 4.36. The standard InChI is InChI=1S/C18H18N6O/c1-23-15-4-3-12(8-16(15)24(2)18(23)25)13-7-14(10-19-9-13)22-11-17-20-5-6-21-17/h3-10,22H,11H2,1-2H3,(H,20,21). The van der Waals surface area contributed by atoms with Crippen molar-refractivity contribution in [3.8, 4) is 11.1 Å². The molecular formula is C18H18N6O. The lowest BCUT2D eigenvalue weighted by molar-refractivity contribution is 0.795. The molecule has 0 atom stereocenters. The van der Waals surface area contributed by atoms with E-state index in [0.29, 0.717) is 6.54 Å². The molecule has 126 valence electrons. The molecular weight excluding hydrogens is 316 g/mol. The van der Waals surface area contributed by atoms with E-state index in [9.17, 15) is 4.79 Å². The highest BCUT2D eigenvalue weighted by molar-refractivity contribution is 5.83. The van der Waals surface area contributed by atoms with Gasteiger partial charge in [-0.25, -0.2) is 9.78 Å². The van der Waals surface area contributed by atoms with Gasteiger partial charge < -0.3 is 10.3 Å². The molecule has 7 heteroatoms. The number of hydrogen-bond acceptors (Lipinski definition) is 4. The van der Waals surface area contributed by atoms with Gasteiger partial charge in [0.1, 0.15) is 5.82 Å². The third kappa shape index (κ3) is 2.69. The molecule has 0 aliphatic rings. The number of fused-ring (bicyclic) bond motifs is 1. The van der Waals surface area contributed by atoms with Crippen LogP contribution in [0.5, 0.6) is 0 Å².